The summed E-state index contributed by atoms with van der Waals surface area (Å²) in [6, 6.07) is 0.0772. The highest BCUT2D eigenvalue weighted by atomic mass is 35.5. The first-order chi connectivity index (χ1) is 10.2. The average Bonchev–Trinajstić information content (AvgIpc) is 2.81. The molecule has 0 saturated carbocycles. The van der Waals surface area contributed by atoms with E-state index in [1.54, 1.807) is 0 Å². The van der Waals surface area contributed by atoms with Crippen LogP contribution in [0.4, 0.5) is 0 Å². The molecule has 138 valence electrons. The Kier molecular flexibility index (Phi) is 12.3. The summed E-state index contributed by atoms with van der Waals surface area (Å²) in [4.78, 5) is 17.2. The van der Waals surface area contributed by atoms with Crippen molar-refractivity contribution in [2.75, 3.05) is 39.3 Å². The van der Waals surface area contributed by atoms with Gasteiger partial charge in [0.05, 0.1) is 6.04 Å². The largest absolute Gasteiger partial charge is 0.341 e. The predicted octanol–water partition coefficient (Wildman–Crippen LogP) is 2.94. The molecule has 2 rings (SSSR count). The van der Waals surface area contributed by atoms with Crippen molar-refractivity contribution in [3.8, 4) is 0 Å². The number of carbonyl (C=O) groups is 1. The van der Waals surface area contributed by atoms with E-state index in [0.29, 0.717) is 5.91 Å². The van der Waals surface area contributed by atoms with Gasteiger partial charge in [0.25, 0.3) is 0 Å². The Morgan fingerprint density at radius 2 is 1.61 bits per heavy atom. The third-order valence-corrected chi connectivity index (χ3v) is 5.15. The number of hydrogen-bond acceptors (Lipinski definition) is 3. The van der Waals surface area contributed by atoms with Crippen molar-refractivity contribution in [1.82, 2.24) is 15.1 Å². The van der Waals surface area contributed by atoms with Gasteiger partial charge in [-0.1, -0.05) is 19.8 Å². The van der Waals surface area contributed by atoms with Gasteiger partial charge in [0, 0.05) is 13.1 Å². The Morgan fingerprint density at radius 1 is 1.04 bits per heavy atom. The maximum atomic E-state index is 12.7. The molecule has 0 aromatic rings. The maximum Gasteiger partial charge on any atom is 0.239 e. The fraction of sp³-hybridized carbons (Fsp3) is 0.941. The summed E-state index contributed by atoms with van der Waals surface area (Å²) < 4.78 is 0. The molecule has 2 fully saturated rings. The van der Waals surface area contributed by atoms with Gasteiger partial charge in [0.15, 0.2) is 0 Å². The number of rotatable bonds is 5. The second-order valence-corrected chi connectivity index (χ2v) is 6.70. The molecule has 0 bridgehead atoms. The zero-order valence-electron chi connectivity index (χ0n) is 14.8. The van der Waals surface area contributed by atoms with Crippen molar-refractivity contribution >= 4 is 30.7 Å². The van der Waals surface area contributed by atoms with Gasteiger partial charge in [-0.15, -0.1) is 24.8 Å². The van der Waals surface area contributed by atoms with Gasteiger partial charge in [-0.2, -0.15) is 0 Å². The van der Waals surface area contributed by atoms with Crippen molar-refractivity contribution < 1.29 is 4.79 Å². The monoisotopic (exact) mass is 367 g/mol. The molecule has 4 nitrogen and oxygen atoms in total. The molecular weight excluding hydrogens is 333 g/mol. The van der Waals surface area contributed by atoms with Crippen LogP contribution in [0.15, 0.2) is 0 Å². The van der Waals surface area contributed by atoms with Crippen molar-refractivity contribution in [3.05, 3.63) is 0 Å². The van der Waals surface area contributed by atoms with Crippen molar-refractivity contribution in [2.45, 2.75) is 58.4 Å². The van der Waals surface area contributed by atoms with Gasteiger partial charge in [-0.3, -0.25) is 9.69 Å². The van der Waals surface area contributed by atoms with E-state index in [0.717, 1.165) is 58.0 Å². The van der Waals surface area contributed by atoms with Gasteiger partial charge in [-0.05, 0) is 64.7 Å². The first kappa shape index (κ1) is 23.0. The zero-order chi connectivity index (χ0) is 15.1. The predicted molar refractivity (Wildman–Crippen MR) is 102 cm³/mol. The normalized spacial score (nSPS) is 21.7. The van der Waals surface area contributed by atoms with Crippen LogP contribution in [-0.4, -0.2) is 61.0 Å². The second kappa shape index (κ2) is 12.3. The van der Waals surface area contributed by atoms with Crippen LogP contribution >= 0.6 is 24.8 Å². The van der Waals surface area contributed by atoms with Crippen LogP contribution in [0, 0.1) is 5.92 Å². The third kappa shape index (κ3) is 7.16. The fourth-order valence-electron chi connectivity index (χ4n) is 3.61. The van der Waals surface area contributed by atoms with E-state index in [9.17, 15) is 4.79 Å². The smallest absolute Gasteiger partial charge is 0.239 e. The number of halogens is 2. The Labute approximate surface area is 154 Å². The second-order valence-electron chi connectivity index (χ2n) is 6.70. The number of nitrogens with one attached hydrogen (secondary N) is 1. The lowest BCUT2D eigenvalue weighted by atomic mass is 9.96. The zero-order valence-corrected chi connectivity index (χ0v) is 16.4. The van der Waals surface area contributed by atoms with Crippen LogP contribution in [0.25, 0.3) is 0 Å². The molecule has 1 amide bonds. The van der Waals surface area contributed by atoms with E-state index >= 15 is 0 Å². The van der Waals surface area contributed by atoms with Crippen molar-refractivity contribution in [2.24, 2.45) is 5.92 Å². The highest BCUT2D eigenvalue weighted by Crippen LogP contribution is 2.19. The van der Waals surface area contributed by atoms with Crippen molar-refractivity contribution in [3.63, 3.8) is 0 Å². The Balaban J connectivity index is 0.00000242. The van der Waals surface area contributed by atoms with Gasteiger partial charge < -0.3 is 10.2 Å². The summed E-state index contributed by atoms with van der Waals surface area (Å²) in [7, 11) is 0. The summed E-state index contributed by atoms with van der Waals surface area (Å²) in [5.41, 5.74) is 0. The van der Waals surface area contributed by atoms with E-state index in [-0.39, 0.29) is 30.9 Å². The topological polar surface area (TPSA) is 35.6 Å². The summed E-state index contributed by atoms with van der Waals surface area (Å²) in [5, 5.41) is 3.43. The fourth-order valence-corrected chi connectivity index (χ4v) is 3.61. The molecule has 0 spiro atoms. The molecule has 6 heteroatoms. The lowest BCUT2D eigenvalue weighted by Crippen LogP contribution is -2.50. The first-order valence-corrected chi connectivity index (χ1v) is 8.96. The van der Waals surface area contributed by atoms with Crippen LogP contribution in [0.1, 0.15) is 52.4 Å². The molecule has 0 aromatic carbocycles. The molecular formula is C17H35Cl2N3O. The SMILES string of the molecule is CCNCC1CCN(C(=O)C(C)N2CCCCCC2)CC1.Cl.Cl. The van der Waals surface area contributed by atoms with Crippen LogP contribution in [-0.2, 0) is 4.79 Å². The number of carbonyl (C=O) groups excluding carboxylic acids is 1. The molecule has 2 aliphatic heterocycles. The molecule has 1 atom stereocenters. The quantitative estimate of drug-likeness (QED) is 0.811. The van der Waals surface area contributed by atoms with Crippen molar-refractivity contribution in [1.29, 1.82) is 0 Å². The molecule has 2 saturated heterocycles. The third-order valence-electron chi connectivity index (χ3n) is 5.15. The molecule has 0 aromatic heterocycles. The van der Waals surface area contributed by atoms with E-state index in [1.165, 1.54) is 25.7 Å². The summed E-state index contributed by atoms with van der Waals surface area (Å²) in [6.07, 6.45) is 7.47. The molecule has 0 aliphatic carbocycles. The average molecular weight is 368 g/mol. The van der Waals surface area contributed by atoms with Gasteiger partial charge in [0.1, 0.15) is 0 Å². The minimum atomic E-state index is 0. The lowest BCUT2D eigenvalue weighted by Gasteiger charge is -2.36. The summed E-state index contributed by atoms with van der Waals surface area (Å²) in [6.45, 7) is 10.5. The van der Waals surface area contributed by atoms with Crippen LogP contribution in [0.2, 0.25) is 0 Å². The Bertz CT molecular complexity index is 315. The van der Waals surface area contributed by atoms with E-state index in [1.807, 2.05) is 0 Å². The number of nitrogens with zero attached hydrogens (tertiary/aromatic N) is 2. The maximum absolute atomic E-state index is 12.7. The molecule has 1 unspecified atom stereocenters. The number of likely N-dealkylation sites (tertiary alicyclic amines) is 2. The lowest BCUT2D eigenvalue weighted by molar-refractivity contribution is -0.137. The van der Waals surface area contributed by atoms with Crippen LogP contribution < -0.4 is 5.32 Å². The number of amides is 1. The van der Waals surface area contributed by atoms with Gasteiger partial charge >= 0.3 is 0 Å². The Morgan fingerprint density at radius 3 is 2.13 bits per heavy atom. The minimum Gasteiger partial charge on any atom is -0.341 e. The standard InChI is InChI=1S/C17H33N3O.2ClH/c1-3-18-14-16-8-12-20(13-9-16)17(21)15(2)19-10-6-4-5-7-11-19;;/h15-16,18H,3-14H2,1-2H3;2*1H. The number of piperidine rings is 1. The first-order valence-electron chi connectivity index (χ1n) is 8.96. The Hall–Kier alpha value is -0.0300. The highest BCUT2D eigenvalue weighted by molar-refractivity contribution is 5.85. The number of hydrogen-bond donors (Lipinski definition) is 1. The highest BCUT2D eigenvalue weighted by Gasteiger charge is 2.29. The summed E-state index contributed by atoms with van der Waals surface area (Å²) >= 11 is 0. The molecule has 1 N–H and O–H groups in total. The molecule has 2 heterocycles. The van der Waals surface area contributed by atoms with Crippen LogP contribution in [0.3, 0.4) is 0 Å². The van der Waals surface area contributed by atoms with Gasteiger partial charge in [0.2, 0.25) is 5.91 Å². The van der Waals surface area contributed by atoms with Crippen LogP contribution in [0.5, 0.6) is 0 Å². The molecule has 23 heavy (non-hydrogen) atoms. The summed E-state index contributed by atoms with van der Waals surface area (Å²) in [5.74, 6) is 1.11. The van der Waals surface area contributed by atoms with E-state index < -0.39 is 0 Å². The molecule has 0 radical (unpaired) electrons. The minimum absolute atomic E-state index is 0. The van der Waals surface area contributed by atoms with E-state index in [4.69, 9.17) is 0 Å². The molecule has 2 aliphatic rings. The van der Waals surface area contributed by atoms with Gasteiger partial charge in [-0.25, -0.2) is 0 Å². The van der Waals surface area contributed by atoms with E-state index in [2.05, 4.69) is 29.0 Å².